The van der Waals surface area contributed by atoms with Crippen molar-refractivity contribution in [2.24, 2.45) is 0 Å². The van der Waals surface area contributed by atoms with Gasteiger partial charge in [0.25, 0.3) is 5.91 Å². The lowest BCUT2D eigenvalue weighted by atomic mass is 9.87. The molecule has 1 aliphatic carbocycles. The highest BCUT2D eigenvalue weighted by Gasteiger charge is 2.52. The number of thioether (sulfide) groups is 1. The first-order chi connectivity index (χ1) is 14.0. The zero-order valence-corrected chi connectivity index (χ0v) is 17.1. The molecule has 4 amide bonds. The van der Waals surface area contributed by atoms with E-state index >= 15 is 0 Å². The number of carbonyl (C=O) groups is 3. The molecule has 2 aromatic rings. The van der Waals surface area contributed by atoms with Gasteiger partial charge < -0.3 is 5.32 Å². The predicted octanol–water partition coefficient (Wildman–Crippen LogP) is 3.16. The Morgan fingerprint density at radius 3 is 2.66 bits per heavy atom. The lowest BCUT2D eigenvalue weighted by Gasteiger charge is -2.25. The summed E-state index contributed by atoms with van der Waals surface area (Å²) < 4.78 is 0. The smallest absolute Gasteiger partial charge is 0.318 e. The summed E-state index contributed by atoms with van der Waals surface area (Å²) in [6.07, 6.45) is 3.76. The maximum Gasteiger partial charge on any atom is 0.344 e. The minimum Gasteiger partial charge on any atom is -0.318 e. The molecule has 1 heterocycles. The summed E-state index contributed by atoms with van der Waals surface area (Å²) in [5, 5.41) is 3.56. The van der Waals surface area contributed by atoms with Crippen molar-refractivity contribution in [1.82, 2.24) is 15.8 Å². The normalized spacial score (nSPS) is 20.5. The Balaban J connectivity index is 1.41. The second kappa shape index (κ2) is 7.91. The molecule has 0 unspecified atom stereocenters. The van der Waals surface area contributed by atoms with Crippen LogP contribution in [0.3, 0.4) is 0 Å². The van der Waals surface area contributed by atoms with E-state index in [1.165, 1.54) is 29.3 Å². The number of carbonyl (C=O) groups excluding carboxylic acids is 3. The average Bonchev–Trinajstić information content (AvgIpc) is 3.31. The van der Waals surface area contributed by atoms with Crippen LogP contribution in [0.2, 0.25) is 0 Å². The quantitative estimate of drug-likeness (QED) is 0.568. The zero-order valence-electron chi connectivity index (χ0n) is 16.2. The first-order valence-electron chi connectivity index (χ1n) is 9.80. The average molecular weight is 410 g/mol. The Hall–Kier alpha value is -2.80. The number of hydrazine groups is 1. The van der Waals surface area contributed by atoms with Gasteiger partial charge in [-0.1, -0.05) is 43.3 Å². The van der Waals surface area contributed by atoms with E-state index in [1.807, 2.05) is 31.2 Å². The molecular weight excluding hydrogens is 386 g/mol. The van der Waals surface area contributed by atoms with Gasteiger partial charge in [-0.2, -0.15) is 5.01 Å². The molecule has 7 heteroatoms. The summed E-state index contributed by atoms with van der Waals surface area (Å²) >= 11 is 1.40. The highest BCUT2D eigenvalue weighted by Crippen LogP contribution is 2.32. The lowest BCUT2D eigenvalue weighted by Crippen LogP contribution is -2.49. The third-order valence-electron chi connectivity index (χ3n) is 5.56. The summed E-state index contributed by atoms with van der Waals surface area (Å²) in [5.74, 6) is -0.730. The van der Waals surface area contributed by atoms with Crippen LogP contribution in [0, 0.1) is 0 Å². The Morgan fingerprint density at radius 1 is 1.14 bits per heavy atom. The van der Waals surface area contributed by atoms with Crippen LogP contribution < -0.4 is 10.7 Å². The van der Waals surface area contributed by atoms with Crippen LogP contribution in [0.4, 0.5) is 4.79 Å². The Morgan fingerprint density at radius 2 is 1.90 bits per heavy atom. The summed E-state index contributed by atoms with van der Waals surface area (Å²) in [5.41, 5.74) is 4.75. The number of nitrogens with one attached hydrogen (secondary N) is 2. The van der Waals surface area contributed by atoms with E-state index in [0.29, 0.717) is 12.0 Å². The Bertz CT molecular complexity index is 963. The molecule has 4 rings (SSSR count). The molecule has 0 radical (unpaired) electrons. The third-order valence-corrected chi connectivity index (χ3v) is 6.56. The summed E-state index contributed by atoms with van der Waals surface area (Å²) in [4.78, 5) is 38.9. The molecule has 2 N–H and O–H groups in total. The second-order valence-corrected chi connectivity index (χ2v) is 8.35. The van der Waals surface area contributed by atoms with Gasteiger partial charge in [-0.15, -0.1) is 11.8 Å². The van der Waals surface area contributed by atoms with Gasteiger partial charge in [0.2, 0.25) is 5.91 Å². The number of rotatable bonds is 6. The second-order valence-electron chi connectivity index (χ2n) is 7.30. The number of hydrogen-bond donors (Lipinski definition) is 2. The first-order valence-corrected chi connectivity index (χ1v) is 10.8. The van der Waals surface area contributed by atoms with E-state index in [9.17, 15) is 14.4 Å². The van der Waals surface area contributed by atoms with Crippen molar-refractivity contribution in [2.45, 2.75) is 43.0 Å². The van der Waals surface area contributed by atoms with Crippen LogP contribution in [0.5, 0.6) is 0 Å². The number of benzene rings is 2. The molecule has 0 spiro atoms. The minimum absolute atomic E-state index is 0.125. The highest BCUT2D eigenvalue weighted by atomic mass is 32.2. The molecule has 29 heavy (non-hydrogen) atoms. The van der Waals surface area contributed by atoms with Gasteiger partial charge in [-0.3, -0.25) is 15.0 Å². The van der Waals surface area contributed by atoms with Gasteiger partial charge in [0.15, 0.2) is 0 Å². The van der Waals surface area contributed by atoms with E-state index < -0.39 is 17.5 Å². The number of nitrogens with zero attached hydrogens (tertiary/aromatic N) is 1. The van der Waals surface area contributed by atoms with Crippen LogP contribution in [0.15, 0.2) is 53.4 Å². The monoisotopic (exact) mass is 409 g/mol. The molecule has 2 aromatic carbocycles. The topological polar surface area (TPSA) is 78.5 Å². The molecular formula is C22H23N3O3S. The molecule has 0 saturated carbocycles. The lowest BCUT2D eigenvalue weighted by molar-refractivity contribution is -0.138. The predicted molar refractivity (Wildman–Crippen MR) is 111 cm³/mol. The molecule has 6 nitrogen and oxygen atoms in total. The largest absolute Gasteiger partial charge is 0.344 e. The summed E-state index contributed by atoms with van der Waals surface area (Å²) in [7, 11) is 0. The molecule has 1 fully saturated rings. The summed E-state index contributed by atoms with van der Waals surface area (Å²) in [6, 6.07) is 14.8. The van der Waals surface area contributed by atoms with Gasteiger partial charge in [0, 0.05) is 4.90 Å². The maximum atomic E-state index is 13.0. The fourth-order valence-corrected chi connectivity index (χ4v) is 4.73. The van der Waals surface area contributed by atoms with Gasteiger partial charge in [-0.05, 0) is 54.5 Å². The Labute approximate surface area is 174 Å². The van der Waals surface area contributed by atoms with E-state index in [0.717, 1.165) is 22.7 Å². The van der Waals surface area contributed by atoms with E-state index in [4.69, 9.17) is 0 Å². The fraction of sp³-hybridized carbons (Fsp3) is 0.318. The van der Waals surface area contributed by atoms with Crippen LogP contribution in [0.25, 0.3) is 0 Å². The minimum atomic E-state index is -1.15. The van der Waals surface area contributed by atoms with E-state index in [-0.39, 0.29) is 11.7 Å². The maximum absolute atomic E-state index is 13.0. The molecule has 150 valence electrons. The van der Waals surface area contributed by atoms with Crippen molar-refractivity contribution in [2.75, 3.05) is 5.75 Å². The molecule has 0 aromatic heterocycles. The van der Waals surface area contributed by atoms with Crippen LogP contribution in [-0.2, 0) is 28.0 Å². The van der Waals surface area contributed by atoms with Crippen molar-refractivity contribution < 1.29 is 14.4 Å². The number of amides is 4. The van der Waals surface area contributed by atoms with E-state index in [1.54, 1.807) is 12.1 Å². The van der Waals surface area contributed by atoms with Crippen molar-refractivity contribution in [3.63, 3.8) is 0 Å². The van der Waals surface area contributed by atoms with Crippen molar-refractivity contribution in [3.05, 3.63) is 65.2 Å². The van der Waals surface area contributed by atoms with Gasteiger partial charge >= 0.3 is 6.03 Å². The molecule has 1 aliphatic heterocycles. The van der Waals surface area contributed by atoms with Gasteiger partial charge in [0.1, 0.15) is 5.54 Å². The van der Waals surface area contributed by atoms with Crippen LogP contribution in [0.1, 0.15) is 36.5 Å². The van der Waals surface area contributed by atoms with Crippen molar-refractivity contribution in [1.29, 1.82) is 0 Å². The van der Waals surface area contributed by atoms with Crippen LogP contribution in [-0.4, -0.2) is 28.6 Å². The standard InChI is InChI=1S/C22H23N3O3S/c1-2-22(17-9-4-3-5-10-17)20(27)25(21(28)23-22)24-19(26)14-29-18-12-11-15-7-6-8-16(15)13-18/h3-5,9-13H,2,6-8,14H2,1H3,(H,23,28)(H,24,26)/t22-/m1/s1. The summed E-state index contributed by atoms with van der Waals surface area (Å²) in [6.45, 7) is 1.83. The molecule has 1 saturated heterocycles. The molecule has 1 atom stereocenters. The highest BCUT2D eigenvalue weighted by molar-refractivity contribution is 8.00. The number of hydrogen-bond acceptors (Lipinski definition) is 4. The van der Waals surface area contributed by atoms with E-state index in [2.05, 4.69) is 22.9 Å². The van der Waals surface area contributed by atoms with Gasteiger partial charge in [-0.25, -0.2) is 4.79 Å². The first kappa shape index (κ1) is 19.5. The number of urea groups is 1. The molecule has 2 aliphatic rings. The SMILES string of the molecule is CC[C@]1(c2ccccc2)NC(=O)N(NC(=O)CSc2ccc3c(c2)CCC3)C1=O. The van der Waals surface area contributed by atoms with Crippen molar-refractivity contribution >= 4 is 29.6 Å². The van der Waals surface area contributed by atoms with Gasteiger partial charge in [0.05, 0.1) is 5.75 Å². The van der Waals surface area contributed by atoms with Crippen molar-refractivity contribution in [3.8, 4) is 0 Å². The number of aryl methyl sites for hydroxylation is 2. The Kier molecular flexibility index (Phi) is 5.32. The fourth-order valence-electron chi connectivity index (χ4n) is 3.98. The number of fused-ring (bicyclic) bond motifs is 1. The third kappa shape index (κ3) is 3.62. The molecule has 0 bridgehead atoms. The number of imide groups is 1. The van der Waals surface area contributed by atoms with Crippen LogP contribution >= 0.6 is 11.8 Å². The zero-order chi connectivity index (χ0) is 20.4.